The number of carbonyl (C=O) groups excluding carboxylic acids is 1. The highest BCUT2D eigenvalue weighted by Gasteiger charge is 2.19. The lowest BCUT2D eigenvalue weighted by molar-refractivity contribution is -0.119. The summed E-state index contributed by atoms with van der Waals surface area (Å²) in [7, 11) is 1.91. The van der Waals surface area contributed by atoms with Crippen molar-refractivity contribution in [3.8, 4) is 0 Å². The molecule has 1 rings (SSSR count). The lowest BCUT2D eigenvalue weighted by Crippen LogP contribution is -2.20. The molecule has 1 aliphatic rings. The van der Waals surface area contributed by atoms with Crippen LogP contribution < -0.4 is 10.6 Å². The standard InChI is InChI=1S/C6H12N2O/c1-7-3-5-2-6(9)8-4-5/h5,7H,2-4H2,1H3,(H,8,9). The molecule has 1 heterocycles. The van der Waals surface area contributed by atoms with Gasteiger partial charge in [0.2, 0.25) is 5.91 Å². The minimum Gasteiger partial charge on any atom is -0.356 e. The predicted molar refractivity (Wildman–Crippen MR) is 35.0 cm³/mol. The minimum absolute atomic E-state index is 0.190. The van der Waals surface area contributed by atoms with Gasteiger partial charge in [0.05, 0.1) is 0 Å². The average molecular weight is 128 g/mol. The van der Waals surface area contributed by atoms with Crippen LogP contribution in [0.4, 0.5) is 0 Å². The summed E-state index contributed by atoms with van der Waals surface area (Å²) >= 11 is 0. The first-order valence-electron chi connectivity index (χ1n) is 3.24. The molecule has 3 heteroatoms. The van der Waals surface area contributed by atoms with E-state index in [0.29, 0.717) is 12.3 Å². The number of hydrogen-bond acceptors (Lipinski definition) is 2. The molecule has 1 amide bonds. The van der Waals surface area contributed by atoms with Crippen molar-refractivity contribution in [2.75, 3.05) is 20.1 Å². The van der Waals surface area contributed by atoms with E-state index in [-0.39, 0.29) is 5.91 Å². The van der Waals surface area contributed by atoms with Crippen molar-refractivity contribution in [2.24, 2.45) is 5.92 Å². The second kappa shape index (κ2) is 2.82. The molecule has 1 atom stereocenters. The summed E-state index contributed by atoms with van der Waals surface area (Å²) in [5.74, 6) is 0.706. The summed E-state index contributed by atoms with van der Waals surface area (Å²) in [5.41, 5.74) is 0. The van der Waals surface area contributed by atoms with Crippen molar-refractivity contribution in [1.29, 1.82) is 0 Å². The van der Waals surface area contributed by atoms with Gasteiger partial charge in [-0.1, -0.05) is 0 Å². The maximum absolute atomic E-state index is 10.6. The van der Waals surface area contributed by atoms with E-state index >= 15 is 0 Å². The summed E-state index contributed by atoms with van der Waals surface area (Å²) in [4.78, 5) is 10.6. The Morgan fingerprint density at radius 1 is 1.89 bits per heavy atom. The molecule has 3 nitrogen and oxygen atoms in total. The largest absolute Gasteiger partial charge is 0.356 e. The highest BCUT2D eigenvalue weighted by molar-refractivity contribution is 5.78. The van der Waals surface area contributed by atoms with Crippen LogP contribution in [0.25, 0.3) is 0 Å². The maximum Gasteiger partial charge on any atom is 0.220 e. The molecule has 0 aromatic carbocycles. The summed E-state index contributed by atoms with van der Waals surface area (Å²) in [6.07, 6.45) is 0.695. The Morgan fingerprint density at radius 3 is 3.11 bits per heavy atom. The van der Waals surface area contributed by atoms with Gasteiger partial charge in [-0.15, -0.1) is 0 Å². The van der Waals surface area contributed by atoms with Gasteiger partial charge in [-0.25, -0.2) is 0 Å². The van der Waals surface area contributed by atoms with Gasteiger partial charge in [0.25, 0.3) is 0 Å². The molecule has 1 saturated heterocycles. The van der Waals surface area contributed by atoms with Crippen LogP contribution in [0.15, 0.2) is 0 Å². The van der Waals surface area contributed by atoms with Crippen molar-refractivity contribution < 1.29 is 4.79 Å². The Hall–Kier alpha value is -0.570. The first-order chi connectivity index (χ1) is 4.33. The highest BCUT2D eigenvalue weighted by atomic mass is 16.1. The van der Waals surface area contributed by atoms with E-state index in [2.05, 4.69) is 10.6 Å². The molecule has 9 heavy (non-hydrogen) atoms. The molecular weight excluding hydrogens is 116 g/mol. The fourth-order valence-electron chi connectivity index (χ4n) is 1.10. The van der Waals surface area contributed by atoms with E-state index in [1.165, 1.54) is 0 Å². The third-order valence-electron chi connectivity index (χ3n) is 1.55. The van der Waals surface area contributed by atoms with E-state index in [1.807, 2.05) is 7.05 Å². The normalized spacial score (nSPS) is 26.3. The van der Waals surface area contributed by atoms with Crippen LogP contribution in [-0.4, -0.2) is 26.0 Å². The topological polar surface area (TPSA) is 41.1 Å². The van der Waals surface area contributed by atoms with Gasteiger partial charge in [-0.3, -0.25) is 4.79 Å². The highest BCUT2D eigenvalue weighted by Crippen LogP contribution is 2.05. The van der Waals surface area contributed by atoms with Crippen LogP contribution in [0.5, 0.6) is 0 Å². The Labute approximate surface area is 54.8 Å². The Morgan fingerprint density at radius 2 is 2.67 bits per heavy atom. The molecule has 0 radical (unpaired) electrons. The van der Waals surface area contributed by atoms with Crippen molar-refractivity contribution in [2.45, 2.75) is 6.42 Å². The Kier molecular flexibility index (Phi) is 2.05. The second-order valence-corrected chi connectivity index (χ2v) is 2.43. The smallest absolute Gasteiger partial charge is 0.220 e. The number of hydrogen-bond donors (Lipinski definition) is 2. The zero-order valence-corrected chi connectivity index (χ0v) is 5.61. The van der Waals surface area contributed by atoms with Crippen molar-refractivity contribution >= 4 is 5.91 Å². The zero-order chi connectivity index (χ0) is 6.69. The van der Waals surface area contributed by atoms with Gasteiger partial charge in [-0.2, -0.15) is 0 Å². The summed E-state index contributed by atoms with van der Waals surface area (Å²) < 4.78 is 0. The van der Waals surface area contributed by atoms with Gasteiger partial charge >= 0.3 is 0 Å². The molecule has 1 aliphatic heterocycles. The molecule has 0 spiro atoms. The quantitative estimate of drug-likeness (QED) is 0.518. The number of carbonyl (C=O) groups is 1. The van der Waals surface area contributed by atoms with Crippen molar-refractivity contribution in [3.63, 3.8) is 0 Å². The molecule has 1 unspecified atom stereocenters. The summed E-state index contributed by atoms with van der Waals surface area (Å²) in [5, 5.41) is 5.81. The monoisotopic (exact) mass is 128 g/mol. The molecule has 0 aromatic rings. The van der Waals surface area contributed by atoms with Crippen LogP contribution in [0.1, 0.15) is 6.42 Å². The molecular formula is C6H12N2O. The van der Waals surface area contributed by atoms with Gasteiger partial charge in [0.15, 0.2) is 0 Å². The summed E-state index contributed by atoms with van der Waals surface area (Å²) in [6.45, 7) is 1.79. The van der Waals surface area contributed by atoms with Gasteiger partial charge in [0.1, 0.15) is 0 Å². The third kappa shape index (κ3) is 1.68. The SMILES string of the molecule is CNCC1CNC(=O)C1. The van der Waals surface area contributed by atoms with E-state index < -0.39 is 0 Å². The molecule has 0 aliphatic carbocycles. The van der Waals surface area contributed by atoms with Crippen molar-refractivity contribution in [1.82, 2.24) is 10.6 Å². The molecule has 52 valence electrons. The molecule has 0 saturated carbocycles. The Balaban J connectivity index is 2.22. The van der Waals surface area contributed by atoms with Crippen LogP contribution in [0, 0.1) is 5.92 Å². The minimum atomic E-state index is 0.190. The van der Waals surface area contributed by atoms with E-state index in [9.17, 15) is 4.79 Å². The van der Waals surface area contributed by atoms with Gasteiger partial charge in [0, 0.05) is 13.0 Å². The van der Waals surface area contributed by atoms with Crippen LogP contribution >= 0.6 is 0 Å². The van der Waals surface area contributed by atoms with E-state index in [4.69, 9.17) is 0 Å². The average Bonchev–Trinajstić information content (AvgIpc) is 2.17. The molecule has 1 fully saturated rings. The van der Waals surface area contributed by atoms with Crippen molar-refractivity contribution in [3.05, 3.63) is 0 Å². The van der Waals surface area contributed by atoms with Crippen LogP contribution in [0.3, 0.4) is 0 Å². The molecule has 0 aromatic heterocycles. The number of amides is 1. The maximum atomic E-state index is 10.6. The molecule has 2 N–H and O–H groups in total. The second-order valence-electron chi connectivity index (χ2n) is 2.43. The first-order valence-corrected chi connectivity index (χ1v) is 3.24. The lowest BCUT2D eigenvalue weighted by Gasteiger charge is -2.02. The number of rotatable bonds is 2. The van der Waals surface area contributed by atoms with E-state index in [1.54, 1.807) is 0 Å². The summed E-state index contributed by atoms with van der Waals surface area (Å²) in [6, 6.07) is 0. The fraction of sp³-hybridized carbons (Fsp3) is 0.833. The van der Waals surface area contributed by atoms with E-state index in [0.717, 1.165) is 13.1 Å². The van der Waals surface area contributed by atoms with Gasteiger partial charge < -0.3 is 10.6 Å². The predicted octanol–water partition coefficient (Wildman–Crippen LogP) is -0.658. The third-order valence-corrected chi connectivity index (χ3v) is 1.55. The molecule has 0 bridgehead atoms. The van der Waals surface area contributed by atoms with Crippen LogP contribution in [0.2, 0.25) is 0 Å². The number of nitrogens with one attached hydrogen (secondary N) is 2. The Bertz CT molecular complexity index is 114. The zero-order valence-electron chi connectivity index (χ0n) is 5.61. The van der Waals surface area contributed by atoms with Crippen LogP contribution in [-0.2, 0) is 4.79 Å². The lowest BCUT2D eigenvalue weighted by atomic mass is 10.1. The van der Waals surface area contributed by atoms with Gasteiger partial charge in [-0.05, 0) is 19.5 Å². The first kappa shape index (κ1) is 6.55. The fourth-order valence-corrected chi connectivity index (χ4v) is 1.10.